The second-order valence-corrected chi connectivity index (χ2v) is 5.06. The maximum Gasteiger partial charge on any atom is 0.387 e. The summed E-state index contributed by atoms with van der Waals surface area (Å²) in [6.07, 6.45) is 0. The minimum Gasteiger partial charge on any atom is -0.493 e. The van der Waals surface area contributed by atoms with Crippen LogP contribution >= 0.6 is 11.6 Å². The largest absolute Gasteiger partial charge is 0.493 e. The molecule has 2 aromatic rings. The minimum absolute atomic E-state index is 0.0749. The first-order valence-corrected chi connectivity index (χ1v) is 7.20. The molecule has 0 bridgehead atoms. The van der Waals surface area contributed by atoms with Gasteiger partial charge in [0.2, 0.25) is 0 Å². The van der Waals surface area contributed by atoms with Crippen molar-refractivity contribution >= 4 is 17.4 Å². The van der Waals surface area contributed by atoms with E-state index in [1.807, 2.05) is 0 Å². The van der Waals surface area contributed by atoms with Gasteiger partial charge in [-0.2, -0.15) is 8.78 Å². The summed E-state index contributed by atoms with van der Waals surface area (Å²) in [5, 5.41) is 4.42. The summed E-state index contributed by atoms with van der Waals surface area (Å²) in [6, 6.07) is 11.3. The molecule has 0 aliphatic rings. The van der Waals surface area contributed by atoms with Crippen LogP contribution in [0.4, 0.5) is 8.78 Å². The van der Waals surface area contributed by atoms with Gasteiger partial charge in [-0.25, -0.2) is 0 Å². The lowest BCUT2D eigenvalue weighted by atomic mass is 10.2. The summed E-state index contributed by atoms with van der Waals surface area (Å²) in [6.45, 7) is -2.74. The maximum atomic E-state index is 12.3. The monoisotopic (exact) mass is 356 g/mol. The highest BCUT2D eigenvalue weighted by atomic mass is 35.5. The fraction of sp³-hybridized carbons (Fsp3) is 0.188. The van der Waals surface area contributed by atoms with Crippen LogP contribution in [-0.4, -0.2) is 19.6 Å². The van der Waals surface area contributed by atoms with Gasteiger partial charge in [-0.05, 0) is 35.9 Å². The number of alkyl halides is 2. The lowest BCUT2D eigenvalue weighted by molar-refractivity contribution is -0.0512. The fourth-order valence-corrected chi connectivity index (χ4v) is 1.96. The maximum absolute atomic E-state index is 12.3. The molecule has 128 valence electrons. The van der Waals surface area contributed by atoms with Gasteiger partial charge in [-0.15, -0.1) is 0 Å². The third-order valence-electron chi connectivity index (χ3n) is 2.98. The van der Waals surface area contributed by atoms with Crippen molar-refractivity contribution in [3.63, 3.8) is 0 Å². The Balaban J connectivity index is 2.05. The second-order valence-electron chi connectivity index (χ2n) is 4.62. The molecule has 0 heterocycles. The van der Waals surface area contributed by atoms with Gasteiger partial charge in [0, 0.05) is 10.6 Å². The number of halogens is 3. The van der Waals surface area contributed by atoms with Crippen LogP contribution in [0, 0.1) is 0 Å². The number of hydrogen-bond donors (Lipinski definition) is 1. The van der Waals surface area contributed by atoms with Crippen molar-refractivity contribution in [2.75, 3.05) is 7.11 Å². The number of amidine groups is 1. The minimum atomic E-state index is -2.95. The van der Waals surface area contributed by atoms with Gasteiger partial charge >= 0.3 is 6.61 Å². The van der Waals surface area contributed by atoms with Gasteiger partial charge in [0.1, 0.15) is 6.61 Å². The molecule has 0 saturated carbocycles. The molecule has 0 aromatic heterocycles. The summed E-state index contributed by atoms with van der Waals surface area (Å²) in [4.78, 5) is 5.17. The summed E-state index contributed by atoms with van der Waals surface area (Å²) >= 11 is 5.79. The fourth-order valence-electron chi connectivity index (χ4n) is 1.83. The van der Waals surface area contributed by atoms with E-state index in [2.05, 4.69) is 9.89 Å². The molecule has 0 radical (unpaired) electrons. The van der Waals surface area contributed by atoms with E-state index in [-0.39, 0.29) is 23.9 Å². The highest BCUT2D eigenvalue weighted by Crippen LogP contribution is 2.29. The molecule has 2 N–H and O–H groups in total. The molecule has 24 heavy (non-hydrogen) atoms. The Morgan fingerprint density at radius 2 is 1.88 bits per heavy atom. The van der Waals surface area contributed by atoms with Gasteiger partial charge < -0.3 is 20.0 Å². The molecule has 0 aliphatic heterocycles. The number of hydrogen-bond acceptors (Lipinski definition) is 4. The first kappa shape index (κ1) is 17.8. The molecule has 0 spiro atoms. The Hall–Kier alpha value is -2.54. The Morgan fingerprint density at radius 3 is 2.50 bits per heavy atom. The van der Waals surface area contributed by atoms with Crippen LogP contribution in [0.1, 0.15) is 11.1 Å². The molecule has 2 rings (SSSR count). The number of nitrogens with two attached hydrogens (primary N) is 1. The molecule has 0 saturated heterocycles. The predicted molar refractivity (Wildman–Crippen MR) is 86.6 cm³/mol. The zero-order valence-electron chi connectivity index (χ0n) is 12.7. The lowest BCUT2D eigenvalue weighted by Crippen LogP contribution is -2.14. The molecular weight excluding hydrogens is 342 g/mol. The van der Waals surface area contributed by atoms with Gasteiger partial charge in [0.25, 0.3) is 0 Å². The number of ether oxygens (including phenoxy) is 2. The van der Waals surface area contributed by atoms with Crippen LogP contribution < -0.4 is 15.2 Å². The number of rotatable bonds is 7. The van der Waals surface area contributed by atoms with Crippen molar-refractivity contribution in [3.05, 3.63) is 58.6 Å². The molecule has 0 unspecified atom stereocenters. The molecule has 0 atom stereocenters. The Bertz CT molecular complexity index is 709. The van der Waals surface area contributed by atoms with Crippen molar-refractivity contribution in [2.24, 2.45) is 10.9 Å². The summed E-state index contributed by atoms with van der Waals surface area (Å²) in [5.74, 6) is 0.0978. The summed E-state index contributed by atoms with van der Waals surface area (Å²) in [7, 11) is 1.34. The van der Waals surface area contributed by atoms with Gasteiger partial charge in [0.05, 0.1) is 7.11 Å². The van der Waals surface area contributed by atoms with Crippen molar-refractivity contribution < 1.29 is 23.1 Å². The Kier molecular flexibility index (Phi) is 6.20. The van der Waals surface area contributed by atoms with E-state index in [9.17, 15) is 8.78 Å². The van der Waals surface area contributed by atoms with Crippen LogP contribution in [0.25, 0.3) is 0 Å². The van der Waals surface area contributed by atoms with E-state index in [1.54, 1.807) is 24.3 Å². The van der Waals surface area contributed by atoms with Crippen LogP contribution in [0.3, 0.4) is 0 Å². The smallest absolute Gasteiger partial charge is 0.387 e. The quantitative estimate of drug-likeness (QED) is 0.465. The number of nitrogens with zero attached hydrogens (tertiary/aromatic N) is 1. The van der Waals surface area contributed by atoms with E-state index in [1.165, 1.54) is 25.3 Å². The third-order valence-corrected chi connectivity index (χ3v) is 3.23. The molecule has 0 amide bonds. The molecule has 8 heteroatoms. The van der Waals surface area contributed by atoms with Crippen molar-refractivity contribution in [1.82, 2.24) is 0 Å². The zero-order valence-corrected chi connectivity index (χ0v) is 13.5. The number of methoxy groups -OCH3 is 1. The van der Waals surface area contributed by atoms with Crippen LogP contribution in [0.15, 0.2) is 47.6 Å². The van der Waals surface area contributed by atoms with E-state index >= 15 is 0 Å². The van der Waals surface area contributed by atoms with Crippen LogP contribution in [0.5, 0.6) is 11.5 Å². The molecule has 0 aliphatic carbocycles. The van der Waals surface area contributed by atoms with Gasteiger partial charge in [0.15, 0.2) is 17.3 Å². The third kappa shape index (κ3) is 4.99. The summed E-state index contributed by atoms with van der Waals surface area (Å²) in [5.41, 5.74) is 7.14. The van der Waals surface area contributed by atoms with Gasteiger partial charge in [-0.3, -0.25) is 0 Å². The normalized spacial score (nSPS) is 11.5. The van der Waals surface area contributed by atoms with Crippen LogP contribution in [-0.2, 0) is 11.4 Å². The van der Waals surface area contributed by atoms with Crippen molar-refractivity contribution in [1.29, 1.82) is 0 Å². The topological polar surface area (TPSA) is 66.1 Å². The zero-order chi connectivity index (χ0) is 17.5. The Morgan fingerprint density at radius 1 is 1.17 bits per heavy atom. The second kappa shape index (κ2) is 8.35. The first-order chi connectivity index (χ1) is 11.5. The highest BCUT2D eigenvalue weighted by Gasteiger charge is 2.12. The van der Waals surface area contributed by atoms with E-state index in [0.29, 0.717) is 10.6 Å². The summed E-state index contributed by atoms with van der Waals surface area (Å²) < 4.78 is 33.9. The van der Waals surface area contributed by atoms with Crippen molar-refractivity contribution in [3.8, 4) is 11.5 Å². The lowest BCUT2D eigenvalue weighted by Gasteiger charge is -2.11. The van der Waals surface area contributed by atoms with Crippen LogP contribution in [0.2, 0.25) is 5.02 Å². The standard InChI is InChI=1S/C16H15ClF2N2O3/c1-22-14-8-11(4-7-13(14)24-16(18)19)15(20)21-23-9-10-2-5-12(17)6-3-10/h2-8,16H,9H2,1H3,(H2,20,21). The average Bonchev–Trinajstić information content (AvgIpc) is 2.56. The highest BCUT2D eigenvalue weighted by molar-refractivity contribution is 6.30. The molecular formula is C16H15ClF2N2O3. The number of benzene rings is 2. The SMILES string of the molecule is COc1cc(/C(N)=N/OCc2ccc(Cl)cc2)ccc1OC(F)F. The van der Waals surface area contributed by atoms with Crippen molar-refractivity contribution in [2.45, 2.75) is 13.2 Å². The molecule has 5 nitrogen and oxygen atoms in total. The van der Waals surface area contributed by atoms with Gasteiger partial charge in [-0.1, -0.05) is 28.9 Å². The van der Waals surface area contributed by atoms with E-state index in [0.717, 1.165) is 5.56 Å². The Labute approximate surface area is 142 Å². The van der Waals surface area contributed by atoms with E-state index < -0.39 is 6.61 Å². The molecule has 0 fully saturated rings. The number of oxime groups is 1. The average molecular weight is 357 g/mol. The van der Waals surface area contributed by atoms with E-state index in [4.69, 9.17) is 26.9 Å². The predicted octanol–water partition coefficient (Wildman–Crippen LogP) is 3.79. The first-order valence-electron chi connectivity index (χ1n) is 6.82. The molecule has 2 aromatic carbocycles.